The fourth-order valence-electron chi connectivity index (χ4n) is 1.49. The van der Waals surface area contributed by atoms with Crippen LogP contribution in [0.3, 0.4) is 0 Å². The second-order valence-electron chi connectivity index (χ2n) is 4.11. The van der Waals surface area contributed by atoms with Crippen molar-refractivity contribution in [2.45, 2.75) is 30.9 Å². The van der Waals surface area contributed by atoms with Crippen LogP contribution in [0.4, 0.5) is 0 Å². The minimum absolute atomic E-state index is 0.0263. The van der Waals surface area contributed by atoms with Gasteiger partial charge in [0, 0.05) is 26.5 Å². The van der Waals surface area contributed by atoms with Crippen molar-refractivity contribution in [2.75, 3.05) is 20.3 Å². The maximum Gasteiger partial charge on any atom is 0.258 e. The minimum atomic E-state index is -3.55. The fourth-order valence-corrected chi connectivity index (χ4v) is 2.49. The van der Waals surface area contributed by atoms with Crippen LogP contribution in [0.5, 0.6) is 0 Å². The summed E-state index contributed by atoms with van der Waals surface area (Å²) >= 11 is 0. The third-order valence-electron chi connectivity index (χ3n) is 2.57. The van der Waals surface area contributed by atoms with Crippen molar-refractivity contribution >= 4 is 10.0 Å². The SMILES string of the molecule is COCCCCCNS(=O)(=O)c1ccc(CO)cn1. The zero-order chi connectivity index (χ0) is 14.1. The maximum atomic E-state index is 11.9. The molecule has 0 aliphatic carbocycles. The molecule has 0 spiro atoms. The van der Waals surface area contributed by atoms with Crippen molar-refractivity contribution in [2.24, 2.45) is 0 Å². The van der Waals surface area contributed by atoms with Gasteiger partial charge in [0.2, 0.25) is 0 Å². The van der Waals surface area contributed by atoms with Gasteiger partial charge in [-0.05, 0) is 30.9 Å². The van der Waals surface area contributed by atoms with Crippen molar-refractivity contribution in [1.82, 2.24) is 9.71 Å². The van der Waals surface area contributed by atoms with Crippen LogP contribution in [0.25, 0.3) is 0 Å². The summed E-state index contributed by atoms with van der Waals surface area (Å²) in [6.07, 6.45) is 3.94. The van der Waals surface area contributed by atoms with E-state index < -0.39 is 10.0 Å². The summed E-state index contributed by atoms with van der Waals surface area (Å²) in [5.41, 5.74) is 0.582. The second kappa shape index (κ2) is 8.21. The molecule has 1 aromatic rings. The monoisotopic (exact) mass is 288 g/mol. The maximum absolute atomic E-state index is 11.9. The summed E-state index contributed by atoms with van der Waals surface area (Å²) in [7, 11) is -1.91. The molecule has 0 aliphatic heterocycles. The third kappa shape index (κ3) is 5.65. The average molecular weight is 288 g/mol. The van der Waals surface area contributed by atoms with Crippen LogP contribution in [0, 0.1) is 0 Å². The number of hydrogen-bond donors (Lipinski definition) is 2. The number of nitrogens with one attached hydrogen (secondary N) is 1. The highest BCUT2D eigenvalue weighted by Gasteiger charge is 2.14. The molecule has 0 unspecified atom stereocenters. The number of nitrogens with zero attached hydrogens (tertiary/aromatic N) is 1. The third-order valence-corrected chi connectivity index (χ3v) is 3.95. The van der Waals surface area contributed by atoms with Crippen LogP contribution < -0.4 is 4.72 Å². The normalized spacial score (nSPS) is 11.7. The molecule has 0 atom stereocenters. The van der Waals surface area contributed by atoms with Crippen LogP contribution in [0.1, 0.15) is 24.8 Å². The largest absolute Gasteiger partial charge is 0.392 e. The van der Waals surface area contributed by atoms with Crippen LogP contribution in [-0.4, -0.2) is 38.8 Å². The van der Waals surface area contributed by atoms with Crippen LogP contribution in [0.15, 0.2) is 23.4 Å². The van der Waals surface area contributed by atoms with Gasteiger partial charge >= 0.3 is 0 Å². The molecular formula is C12H20N2O4S. The predicted octanol–water partition coefficient (Wildman–Crippen LogP) is 0.669. The first-order chi connectivity index (χ1) is 9.10. The molecule has 0 saturated heterocycles. The van der Waals surface area contributed by atoms with Crippen molar-refractivity contribution < 1.29 is 18.3 Å². The van der Waals surface area contributed by atoms with Gasteiger partial charge in [0.25, 0.3) is 10.0 Å². The summed E-state index contributed by atoms with van der Waals surface area (Å²) in [5, 5.41) is 8.83. The molecule has 108 valence electrons. The predicted molar refractivity (Wildman–Crippen MR) is 71.1 cm³/mol. The Balaban J connectivity index is 2.42. The number of hydrogen-bond acceptors (Lipinski definition) is 5. The molecule has 0 radical (unpaired) electrons. The summed E-state index contributed by atoms with van der Waals surface area (Å²) < 4.78 is 31.1. The first-order valence-electron chi connectivity index (χ1n) is 6.14. The van der Waals surface area contributed by atoms with Gasteiger partial charge in [-0.15, -0.1) is 0 Å². The summed E-state index contributed by atoms with van der Waals surface area (Å²) in [6, 6.07) is 2.93. The lowest BCUT2D eigenvalue weighted by Gasteiger charge is -2.06. The Morgan fingerprint density at radius 1 is 1.32 bits per heavy atom. The number of aromatic nitrogens is 1. The molecular weight excluding hydrogens is 268 g/mol. The Morgan fingerprint density at radius 3 is 2.68 bits per heavy atom. The Kier molecular flexibility index (Phi) is 6.93. The van der Waals surface area contributed by atoms with E-state index in [1.54, 1.807) is 13.2 Å². The van der Waals surface area contributed by atoms with Crippen molar-refractivity contribution in [1.29, 1.82) is 0 Å². The van der Waals surface area contributed by atoms with Crippen molar-refractivity contribution in [3.8, 4) is 0 Å². The van der Waals surface area contributed by atoms with Gasteiger partial charge in [-0.1, -0.05) is 6.07 Å². The molecule has 0 amide bonds. The van der Waals surface area contributed by atoms with Gasteiger partial charge in [0.05, 0.1) is 6.61 Å². The molecule has 2 N–H and O–H groups in total. The minimum Gasteiger partial charge on any atom is -0.392 e. The van der Waals surface area contributed by atoms with Crippen LogP contribution in [0.2, 0.25) is 0 Å². The Labute approximate surface area is 113 Å². The summed E-state index contributed by atoms with van der Waals surface area (Å²) in [6.45, 7) is 0.923. The van der Waals surface area contributed by atoms with Gasteiger partial charge in [-0.2, -0.15) is 0 Å². The molecule has 0 aromatic carbocycles. The lowest BCUT2D eigenvalue weighted by Crippen LogP contribution is -2.25. The molecule has 1 rings (SSSR count). The molecule has 6 nitrogen and oxygen atoms in total. The summed E-state index contributed by atoms with van der Waals surface area (Å²) in [5.74, 6) is 0. The first-order valence-corrected chi connectivity index (χ1v) is 7.63. The number of aliphatic hydroxyl groups excluding tert-OH is 1. The number of rotatable bonds is 9. The molecule has 0 aliphatic rings. The Morgan fingerprint density at radius 2 is 2.11 bits per heavy atom. The molecule has 19 heavy (non-hydrogen) atoms. The Bertz CT molecular complexity index is 459. The second-order valence-corrected chi connectivity index (χ2v) is 5.83. The number of aliphatic hydroxyl groups is 1. The van der Waals surface area contributed by atoms with Crippen molar-refractivity contribution in [3.05, 3.63) is 23.9 Å². The lowest BCUT2D eigenvalue weighted by molar-refractivity contribution is 0.192. The highest BCUT2D eigenvalue weighted by Crippen LogP contribution is 2.06. The number of ether oxygens (including phenoxy) is 1. The number of methoxy groups -OCH3 is 1. The quantitative estimate of drug-likeness (QED) is 0.652. The fraction of sp³-hybridized carbons (Fsp3) is 0.583. The van der Waals surface area contributed by atoms with E-state index in [0.717, 1.165) is 19.3 Å². The molecule has 0 bridgehead atoms. The highest BCUT2D eigenvalue weighted by molar-refractivity contribution is 7.89. The number of pyridine rings is 1. The molecule has 0 fully saturated rings. The zero-order valence-electron chi connectivity index (χ0n) is 11.0. The van der Waals surface area contributed by atoms with E-state index in [-0.39, 0.29) is 11.6 Å². The highest BCUT2D eigenvalue weighted by atomic mass is 32.2. The van der Waals surface area contributed by atoms with E-state index in [0.29, 0.717) is 18.7 Å². The van der Waals surface area contributed by atoms with Gasteiger partial charge in [0.1, 0.15) is 0 Å². The van der Waals surface area contributed by atoms with E-state index >= 15 is 0 Å². The van der Waals surface area contributed by atoms with Gasteiger partial charge in [-0.25, -0.2) is 18.1 Å². The summed E-state index contributed by atoms with van der Waals surface area (Å²) in [4.78, 5) is 3.82. The smallest absolute Gasteiger partial charge is 0.258 e. The number of sulfonamides is 1. The lowest BCUT2D eigenvalue weighted by atomic mass is 10.2. The number of unbranched alkanes of at least 4 members (excludes halogenated alkanes) is 2. The van der Waals surface area contributed by atoms with Crippen molar-refractivity contribution in [3.63, 3.8) is 0 Å². The van der Waals surface area contributed by atoms with E-state index in [1.807, 2.05) is 0 Å². The topological polar surface area (TPSA) is 88.5 Å². The van der Waals surface area contributed by atoms with Crippen LogP contribution in [-0.2, 0) is 21.4 Å². The molecule has 0 saturated carbocycles. The Hall–Kier alpha value is -1.02. The van der Waals surface area contributed by atoms with E-state index in [2.05, 4.69) is 9.71 Å². The van der Waals surface area contributed by atoms with Gasteiger partial charge in [0.15, 0.2) is 5.03 Å². The average Bonchev–Trinajstić information content (AvgIpc) is 2.43. The zero-order valence-corrected chi connectivity index (χ0v) is 11.8. The van der Waals surface area contributed by atoms with Gasteiger partial charge in [-0.3, -0.25) is 0 Å². The van der Waals surface area contributed by atoms with Gasteiger partial charge < -0.3 is 9.84 Å². The molecule has 1 aromatic heterocycles. The standard InChI is InChI=1S/C12H20N2O4S/c1-18-8-4-2-3-7-14-19(16,17)12-6-5-11(10-15)9-13-12/h5-6,9,14-15H,2-4,7-8,10H2,1H3. The van der Waals surface area contributed by atoms with Crippen LogP contribution >= 0.6 is 0 Å². The van der Waals surface area contributed by atoms with E-state index in [4.69, 9.17) is 9.84 Å². The van der Waals surface area contributed by atoms with E-state index in [9.17, 15) is 8.42 Å². The van der Waals surface area contributed by atoms with E-state index in [1.165, 1.54) is 12.3 Å². The first kappa shape index (κ1) is 16.0. The molecule has 7 heteroatoms. The molecule has 1 heterocycles.